The van der Waals surface area contributed by atoms with Gasteiger partial charge in [0.15, 0.2) is 10.8 Å². The molecule has 2 aromatic heterocycles. The van der Waals surface area contributed by atoms with Crippen molar-refractivity contribution in [3.05, 3.63) is 17.3 Å². The summed E-state index contributed by atoms with van der Waals surface area (Å²) < 4.78 is 7.29. The van der Waals surface area contributed by atoms with E-state index in [4.69, 9.17) is 21.3 Å². The van der Waals surface area contributed by atoms with Crippen LogP contribution in [0.5, 0.6) is 0 Å². The fraction of sp³-hybridized carbons (Fsp3) is 0.583. The highest BCUT2D eigenvalue weighted by atomic mass is 35.5. The van der Waals surface area contributed by atoms with Crippen LogP contribution in [-0.2, 0) is 10.6 Å². The standard InChI is InChI=1S/C12H16ClN3OS/c1-17-6-4-15(9-2-3-9)11-10(8-13)16-5-7-18-12(16)14-11/h5,7,9H,2-4,6,8H2,1H3. The van der Waals surface area contributed by atoms with Crippen LogP contribution < -0.4 is 4.90 Å². The van der Waals surface area contributed by atoms with E-state index in [0.29, 0.717) is 11.9 Å². The number of ether oxygens (including phenoxy) is 1. The van der Waals surface area contributed by atoms with Crippen LogP contribution in [0.15, 0.2) is 11.6 Å². The number of thiazole rings is 1. The molecule has 0 aliphatic heterocycles. The Morgan fingerprint density at radius 2 is 2.44 bits per heavy atom. The molecule has 0 bridgehead atoms. The number of hydrogen-bond acceptors (Lipinski definition) is 4. The maximum absolute atomic E-state index is 6.10. The van der Waals surface area contributed by atoms with E-state index in [-0.39, 0.29) is 0 Å². The van der Waals surface area contributed by atoms with Gasteiger partial charge in [0, 0.05) is 31.3 Å². The fourth-order valence-electron chi connectivity index (χ4n) is 2.21. The molecule has 2 heterocycles. The number of alkyl halides is 1. The van der Waals surface area contributed by atoms with E-state index in [9.17, 15) is 0 Å². The first kappa shape index (κ1) is 12.3. The van der Waals surface area contributed by atoms with Crippen molar-refractivity contribution in [3.8, 4) is 0 Å². The van der Waals surface area contributed by atoms with Crippen molar-refractivity contribution in [1.29, 1.82) is 0 Å². The van der Waals surface area contributed by atoms with E-state index >= 15 is 0 Å². The molecule has 6 heteroatoms. The lowest BCUT2D eigenvalue weighted by Crippen LogP contribution is -2.30. The summed E-state index contributed by atoms with van der Waals surface area (Å²) >= 11 is 7.74. The molecule has 18 heavy (non-hydrogen) atoms. The number of methoxy groups -OCH3 is 1. The smallest absolute Gasteiger partial charge is 0.195 e. The van der Waals surface area contributed by atoms with Gasteiger partial charge in [-0.05, 0) is 12.8 Å². The summed E-state index contributed by atoms with van der Waals surface area (Å²) in [5.41, 5.74) is 1.09. The van der Waals surface area contributed by atoms with Crippen LogP contribution in [0.25, 0.3) is 4.96 Å². The normalized spacial score (nSPS) is 15.4. The SMILES string of the molecule is COCCN(c1nc2sccn2c1CCl)C1CC1. The van der Waals surface area contributed by atoms with Crippen molar-refractivity contribution < 1.29 is 4.74 Å². The molecule has 2 aromatic rings. The molecule has 1 aliphatic carbocycles. The third-order valence-electron chi connectivity index (χ3n) is 3.26. The van der Waals surface area contributed by atoms with Gasteiger partial charge in [-0.15, -0.1) is 22.9 Å². The largest absolute Gasteiger partial charge is 0.383 e. The summed E-state index contributed by atoms with van der Waals surface area (Å²) in [6.45, 7) is 1.61. The first-order valence-electron chi connectivity index (χ1n) is 6.11. The molecular weight excluding hydrogens is 270 g/mol. The molecule has 0 saturated heterocycles. The average Bonchev–Trinajstić information content (AvgIpc) is 3.00. The third kappa shape index (κ3) is 2.11. The minimum absolute atomic E-state index is 0.490. The second-order valence-corrected chi connectivity index (χ2v) is 5.63. The van der Waals surface area contributed by atoms with Crippen molar-refractivity contribution in [2.75, 3.05) is 25.2 Å². The maximum atomic E-state index is 6.10. The Morgan fingerprint density at radius 3 is 3.11 bits per heavy atom. The number of anilines is 1. The molecule has 3 rings (SSSR count). The first-order chi connectivity index (χ1) is 8.85. The molecule has 0 amide bonds. The molecular formula is C12H16ClN3OS. The van der Waals surface area contributed by atoms with E-state index in [2.05, 4.69) is 9.30 Å². The number of nitrogens with zero attached hydrogens (tertiary/aromatic N) is 3. The quantitative estimate of drug-likeness (QED) is 0.765. The summed E-state index contributed by atoms with van der Waals surface area (Å²) in [6, 6.07) is 0.617. The van der Waals surface area contributed by atoms with Gasteiger partial charge in [-0.25, -0.2) is 4.98 Å². The average molecular weight is 286 g/mol. The highest BCUT2D eigenvalue weighted by Crippen LogP contribution is 2.34. The van der Waals surface area contributed by atoms with Gasteiger partial charge >= 0.3 is 0 Å². The Kier molecular flexibility index (Phi) is 3.46. The van der Waals surface area contributed by atoms with E-state index < -0.39 is 0 Å². The molecule has 0 unspecified atom stereocenters. The van der Waals surface area contributed by atoms with Crippen LogP contribution in [-0.4, -0.2) is 35.7 Å². The van der Waals surface area contributed by atoms with E-state index in [1.54, 1.807) is 18.4 Å². The lowest BCUT2D eigenvalue weighted by Gasteiger charge is -2.22. The van der Waals surface area contributed by atoms with Crippen molar-refractivity contribution in [3.63, 3.8) is 0 Å². The van der Waals surface area contributed by atoms with Gasteiger partial charge in [0.25, 0.3) is 0 Å². The van der Waals surface area contributed by atoms with Gasteiger partial charge in [-0.3, -0.25) is 4.40 Å². The number of aromatic nitrogens is 2. The fourth-order valence-corrected chi connectivity index (χ4v) is 3.19. The number of imidazole rings is 1. The lowest BCUT2D eigenvalue weighted by molar-refractivity contribution is 0.204. The predicted octanol–water partition coefficient (Wildman–Crippen LogP) is 2.75. The second kappa shape index (κ2) is 5.07. The van der Waals surface area contributed by atoms with E-state index in [1.165, 1.54) is 12.8 Å². The molecule has 0 N–H and O–H groups in total. The Morgan fingerprint density at radius 1 is 1.61 bits per heavy atom. The Balaban J connectivity index is 1.96. The minimum atomic E-state index is 0.490. The monoisotopic (exact) mass is 285 g/mol. The number of halogens is 1. The summed E-state index contributed by atoms with van der Waals surface area (Å²) in [4.78, 5) is 8.09. The van der Waals surface area contributed by atoms with Crippen LogP contribution in [0.4, 0.5) is 5.82 Å². The summed E-state index contributed by atoms with van der Waals surface area (Å²) in [5.74, 6) is 1.53. The molecule has 0 spiro atoms. The summed E-state index contributed by atoms with van der Waals surface area (Å²) in [5, 5.41) is 2.04. The highest BCUT2D eigenvalue weighted by molar-refractivity contribution is 7.15. The van der Waals surface area contributed by atoms with Crippen molar-refractivity contribution >= 4 is 33.7 Å². The van der Waals surface area contributed by atoms with Crippen LogP contribution in [0.2, 0.25) is 0 Å². The van der Waals surface area contributed by atoms with Gasteiger partial charge < -0.3 is 9.64 Å². The Labute approximate surface area is 115 Å². The van der Waals surface area contributed by atoms with Crippen molar-refractivity contribution in [2.24, 2.45) is 0 Å². The van der Waals surface area contributed by atoms with Gasteiger partial charge in [-0.1, -0.05) is 0 Å². The topological polar surface area (TPSA) is 29.8 Å². The maximum Gasteiger partial charge on any atom is 0.195 e. The van der Waals surface area contributed by atoms with Crippen molar-refractivity contribution in [2.45, 2.75) is 24.8 Å². The molecule has 0 atom stereocenters. The molecule has 1 saturated carbocycles. The zero-order chi connectivity index (χ0) is 12.5. The number of rotatable bonds is 6. The zero-order valence-corrected chi connectivity index (χ0v) is 11.9. The third-order valence-corrected chi connectivity index (χ3v) is 4.27. The minimum Gasteiger partial charge on any atom is -0.383 e. The van der Waals surface area contributed by atoms with Gasteiger partial charge in [0.2, 0.25) is 0 Å². The van der Waals surface area contributed by atoms with Crippen LogP contribution in [0.3, 0.4) is 0 Å². The van der Waals surface area contributed by atoms with E-state index in [1.807, 2.05) is 11.6 Å². The number of hydrogen-bond donors (Lipinski definition) is 0. The van der Waals surface area contributed by atoms with Crippen LogP contribution >= 0.6 is 22.9 Å². The van der Waals surface area contributed by atoms with Gasteiger partial charge in [0.05, 0.1) is 18.2 Å². The van der Waals surface area contributed by atoms with Crippen LogP contribution in [0, 0.1) is 0 Å². The molecule has 98 valence electrons. The molecule has 1 fully saturated rings. The molecule has 0 radical (unpaired) electrons. The molecule has 1 aliphatic rings. The van der Waals surface area contributed by atoms with Crippen molar-refractivity contribution in [1.82, 2.24) is 9.38 Å². The Hall–Kier alpha value is -0.780. The zero-order valence-electron chi connectivity index (χ0n) is 10.3. The summed E-state index contributed by atoms with van der Waals surface area (Å²) in [6.07, 6.45) is 4.53. The second-order valence-electron chi connectivity index (χ2n) is 4.49. The van der Waals surface area contributed by atoms with E-state index in [0.717, 1.165) is 29.6 Å². The highest BCUT2D eigenvalue weighted by Gasteiger charge is 2.32. The first-order valence-corrected chi connectivity index (χ1v) is 7.52. The molecule has 4 nitrogen and oxygen atoms in total. The van der Waals surface area contributed by atoms with Crippen LogP contribution in [0.1, 0.15) is 18.5 Å². The number of fused-ring (bicyclic) bond motifs is 1. The lowest BCUT2D eigenvalue weighted by atomic mass is 10.4. The van der Waals surface area contributed by atoms with Gasteiger partial charge in [0.1, 0.15) is 0 Å². The Bertz CT molecular complexity index is 534. The summed E-state index contributed by atoms with van der Waals surface area (Å²) in [7, 11) is 1.74. The van der Waals surface area contributed by atoms with Gasteiger partial charge in [-0.2, -0.15) is 0 Å². The molecule has 0 aromatic carbocycles. The predicted molar refractivity (Wildman–Crippen MR) is 74.9 cm³/mol.